The summed E-state index contributed by atoms with van der Waals surface area (Å²) < 4.78 is 30.0. The van der Waals surface area contributed by atoms with Crippen LogP contribution in [-0.4, -0.2) is 29.4 Å². The molecule has 1 rings (SSSR count). The molecule has 1 aromatic rings. The highest BCUT2D eigenvalue weighted by Crippen LogP contribution is 2.22. The molecule has 0 fully saturated rings. The lowest BCUT2D eigenvalue weighted by Crippen LogP contribution is -2.35. The van der Waals surface area contributed by atoms with Crippen LogP contribution in [0.3, 0.4) is 0 Å². The molecule has 0 saturated carbocycles. The van der Waals surface area contributed by atoms with E-state index < -0.39 is 17.5 Å². The number of amides is 1. The van der Waals surface area contributed by atoms with Gasteiger partial charge in [-0.05, 0) is 21.5 Å². The van der Waals surface area contributed by atoms with Crippen LogP contribution in [-0.2, 0) is 11.3 Å². The van der Waals surface area contributed by atoms with Crippen molar-refractivity contribution >= 4 is 22.0 Å². The quantitative estimate of drug-likeness (QED) is 0.799. The van der Waals surface area contributed by atoms with E-state index in [4.69, 9.17) is 4.74 Å². The number of carbonyl (C=O) groups excluding carboxylic acids is 1. The van der Waals surface area contributed by atoms with Gasteiger partial charge in [0.1, 0.15) is 6.61 Å². The number of alkyl halides is 3. The molecule has 0 heterocycles. The molecule has 0 N–H and O–H groups in total. The Kier molecular flexibility index (Phi) is 4.86. The first-order chi connectivity index (χ1) is 7.88. The van der Waals surface area contributed by atoms with Gasteiger partial charge in [-0.1, -0.05) is 30.3 Å². The van der Waals surface area contributed by atoms with Crippen molar-refractivity contribution in [2.24, 2.45) is 0 Å². The SMILES string of the molecule is CN(CC(F)(F)Br)C(=O)OCc1ccccc1. The van der Waals surface area contributed by atoms with E-state index in [0.29, 0.717) is 0 Å². The van der Waals surface area contributed by atoms with Crippen molar-refractivity contribution in [2.45, 2.75) is 11.4 Å². The third kappa shape index (κ3) is 5.63. The zero-order valence-corrected chi connectivity index (χ0v) is 10.8. The molecule has 1 aromatic carbocycles. The van der Waals surface area contributed by atoms with E-state index in [1.54, 1.807) is 24.3 Å². The molecule has 3 nitrogen and oxygen atoms in total. The lowest BCUT2D eigenvalue weighted by molar-refractivity contribution is 0.0524. The van der Waals surface area contributed by atoms with Gasteiger partial charge in [0.2, 0.25) is 0 Å². The molecule has 0 spiro atoms. The summed E-state index contributed by atoms with van der Waals surface area (Å²) in [5.74, 6) is 0. The molecule has 0 aliphatic heterocycles. The van der Waals surface area contributed by atoms with Crippen LogP contribution in [0.1, 0.15) is 5.56 Å². The van der Waals surface area contributed by atoms with E-state index in [1.807, 2.05) is 6.07 Å². The van der Waals surface area contributed by atoms with Crippen LogP contribution in [0.25, 0.3) is 0 Å². The van der Waals surface area contributed by atoms with E-state index in [9.17, 15) is 13.6 Å². The van der Waals surface area contributed by atoms with E-state index in [0.717, 1.165) is 10.5 Å². The van der Waals surface area contributed by atoms with Crippen molar-refractivity contribution in [3.8, 4) is 0 Å². The van der Waals surface area contributed by atoms with Crippen molar-refractivity contribution in [1.82, 2.24) is 4.90 Å². The molecule has 1 amide bonds. The Balaban J connectivity index is 2.40. The van der Waals surface area contributed by atoms with Crippen molar-refractivity contribution < 1.29 is 18.3 Å². The highest BCUT2D eigenvalue weighted by Gasteiger charge is 2.28. The highest BCUT2D eigenvalue weighted by molar-refractivity contribution is 9.10. The monoisotopic (exact) mass is 307 g/mol. The highest BCUT2D eigenvalue weighted by atomic mass is 79.9. The minimum atomic E-state index is -3.10. The Morgan fingerprint density at radius 1 is 1.41 bits per heavy atom. The lowest BCUT2D eigenvalue weighted by atomic mass is 10.2. The van der Waals surface area contributed by atoms with E-state index in [1.165, 1.54) is 7.05 Å². The number of rotatable bonds is 4. The van der Waals surface area contributed by atoms with Crippen molar-refractivity contribution in [3.05, 3.63) is 35.9 Å². The zero-order valence-electron chi connectivity index (χ0n) is 9.20. The molecule has 17 heavy (non-hydrogen) atoms. The predicted octanol–water partition coefficient (Wildman–Crippen LogP) is 3.24. The van der Waals surface area contributed by atoms with Crippen molar-refractivity contribution in [2.75, 3.05) is 13.6 Å². The fourth-order valence-electron chi connectivity index (χ4n) is 1.16. The van der Waals surface area contributed by atoms with E-state index in [2.05, 4.69) is 15.9 Å². The van der Waals surface area contributed by atoms with Crippen molar-refractivity contribution in [3.63, 3.8) is 0 Å². The van der Waals surface area contributed by atoms with Crippen LogP contribution in [0, 0.1) is 0 Å². The number of halogens is 3. The number of hydrogen-bond acceptors (Lipinski definition) is 2. The van der Waals surface area contributed by atoms with Gasteiger partial charge in [-0.25, -0.2) is 4.79 Å². The second kappa shape index (κ2) is 5.95. The summed E-state index contributed by atoms with van der Waals surface area (Å²) in [6, 6.07) is 9.01. The Labute approximate surface area is 106 Å². The maximum atomic E-state index is 12.6. The van der Waals surface area contributed by atoms with Gasteiger partial charge in [0.25, 0.3) is 0 Å². The van der Waals surface area contributed by atoms with Gasteiger partial charge in [-0.15, -0.1) is 0 Å². The average Bonchev–Trinajstić information content (AvgIpc) is 2.25. The first-order valence-electron chi connectivity index (χ1n) is 4.87. The number of benzene rings is 1. The number of nitrogens with zero attached hydrogens (tertiary/aromatic N) is 1. The van der Waals surface area contributed by atoms with Gasteiger partial charge in [0.15, 0.2) is 0 Å². The first-order valence-corrected chi connectivity index (χ1v) is 5.66. The molecular weight excluding hydrogens is 296 g/mol. The lowest BCUT2D eigenvalue weighted by Gasteiger charge is -2.19. The maximum Gasteiger partial charge on any atom is 0.410 e. The summed E-state index contributed by atoms with van der Waals surface area (Å²) in [5, 5.41) is 0. The largest absolute Gasteiger partial charge is 0.445 e. The fraction of sp³-hybridized carbons (Fsp3) is 0.364. The number of ether oxygens (including phenoxy) is 1. The molecule has 0 aliphatic carbocycles. The van der Waals surface area contributed by atoms with Crippen molar-refractivity contribution in [1.29, 1.82) is 0 Å². The molecule has 0 bridgehead atoms. The Morgan fingerprint density at radius 2 is 2.00 bits per heavy atom. The third-order valence-electron chi connectivity index (χ3n) is 1.93. The smallest absolute Gasteiger partial charge is 0.410 e. The second-order valence-electron chi connectivity index (χ2n) is 3.51. The number of carbonyl (C=O) groups is 1. The van der Waals surface area contributed by atoms with Crippen LogP contribution in [0.4, 0.5) is 13.6 Å². The first kappa shape index (κ1) is 13.9. The summed E-state index contributed by atoms with van der Waals surface area (Å²) >= 11 is 2.16. The molecule has 0 radical (unpaired) electrons. The topological polar surface area (TPSA) is 29.5 Å². The predicted molar refractivity (Wildman–Crippen MR) is 63.1 cm³/mol. The Bertz CT molecular complexity index is 367. The molecule has 94 valence electrons. The van der Waals surface area contributed by atoms with Crippen LogP contribution in [0.15, 0.2) is 30.3 Å². The van der Waals surface area contributed by atoms with Crippen LogP contribution < -0.4 is 0 Å². The van der Waals surface area contributed by atoms with Gasteiger partial charge in [0.05, 0.1) is 6.54 Å². The molecule has 0 aliphatic rings. The average molecular weight is 308 g/mol. The maximum absolute atomic E-state index is 12.6. The van der Waals surface area contributed by atoms with Crippen LogP contribution in [0.5, 0.6) is 0 Å². The Hall–Kier alpha value is -1.17. The van der Waals surface area contributed by atoms with Gasteiger partial charge >= 0.3 is 10.9 Å². The summed E-state index contributed by atoms with van der Waals surface area (Å²) in [5.41, 5.74) is 0.805. The molecule has 0 unspecified atom stereocenters. The standard InChI is InChI=1S/C11H12BrF2NO2/c1-15(8-11(12,13)14)10(16)17-7-9-5-3-2-4-6-9/h2-6H,7-8H2,1H3. The summed E-state index contributed by atoms with van der Waals surface area (Å²) in [6.45, 7) is -0.668. The van der Waals surface area contributed by atoms with Gasteiger partial charge in [-0.3, -0.25) is 0 Å². The zero-order chi connectivity index (χ0) is 12.9. The van der Waals surface area contributed by atoms with Gasteiger partial charge < -0.3 is 9.64 Å². The Morgan fingerprint density at radius 3 is 2.53 bits per heavy atom. The molecule has 6 heteroatoms. The summed E-state index contributed by atoms with van der Waals surface area (Å²) in [4.78, 5) is 9.06. The molecule has 0 atom stereocenters. The second-order valence-corrected chi connectivity index (χ2v) is 4.67. The van der Waals surface area contributed by atoms with E-state index >= 15 is 0 Å². The minimum absolute atomic E-state index is 0.0673. The normalized spacial score (nSPS) is 11.1. The minimum Gasteiger partial charge on any atom is -0.445 e. The molecule has 0 saturated heterocycles. The molecular formula is C11H12BrF2NO2. The summed E-state index contributed by atoms with van der Waals surface area (Å²) in [6.07, 6.45) is -0.784. The molecule has 0 aromatic heterocycles. The number of hydrogen-bond donors (Lipinski definition) is 0. The summed E-state index contributed by atoms with van der Waals surface area (Å²) in [7, 11) is 1.25. The third-order valence-corrected chi connectivity index (χ3v) is 2.18. The van der Waals surface area contributed by atoms with Gasteiger partial charge in [-0.2, -0.15) is 8.78 Å². The van der Waals surface area contributed by atoms with Crippen LogP contribution >= 0.6 is 15.9 Å². The fourth-order valence-corrected chi connectivity index (χ4v) is 1.54. The van der Waals surface area contributed by atoms with Gasteiger partial charge in [0, 0.05) is 7.05 Å². The van der Waals surface area contributed by atoms with Crippen LogP contribution in [0.2, 0.25) is 0 Å². The van der Waals surface area contributed by atoms with E-state index in [-0.39, 0.29) is 6.61 Å².